The molecule has 9 heteroatoms. The van der Waals surface area contributed by atoms with Gasteiger partial charge in [0.1, 0.15) is 11.5 Å². The maximum Gasteiger partial charge on any atom is 0.344 e. The second-order valence-electron chi connectivity index (χ2n) is 6.30. The number of nitrogens with zero attached hydrogens (tertiary/aromatic N) is 2. The molecule has 1 aromatic rings. The van der Waals surface area contributed by atoms with Crippen molar-refractivity contribution >= 4 is 27.6 Å². The molecular weight excluding hydrogens is 356 g/mol. The first-order valence-electron chi connectivity index (χ1n) is 8.50. The van der Waals surface area contributed by atoms with Gasteiger partial charge in [0.2, 0.25) is 5.91 Å². The fraction of sp³-hybridized carbons (Fsp3) is 0.412. The number of ether oxygens (including phenoxy) is 1. The Morgan fingerprint density at radius 3 is 3.00 bits per heavy atom. The molecule has 0 unspecified atom stereocenters. The number of amidine groups is 1. The van der Waals surface area contributed by atoms with Gasteiger partial charge in [-0.25, -0.2) is 0 Å². The number of amides is 1. The predicted molar refractivity (Wildman–Crippen MR) is 99.1 cm³/mol. The number of benzene rings is 1. The molecular formula is C17H22N4O4S. The molecule has 2 aliphatic heterocycles. The van der Waals surface area contributed by atoms with Crippen LogP contribution >= 0.6 is 0 Å². The van der Waals surface area contributed by atoms with Gasteiger partial charge in [0.05, 0.1) is 17.3 Å². The number of hydrogen-bond acceptors (Lipinski definition) is 5. The molecule has 2 heterocycles. The summed E-state index contributed by atoms with van der Waals surface area (Å²) in [6.45, 7) is 6.64. The quantitative estimate of drug-likeness (QED) is 0.758. The largest absolute Gasteiger partial charge is 0.459 e. The monoisotopic (exact) mass is 378 g/mol. The van der Waals surface area contributed by atoms with Crippen molar-refractivity contribution in [2.45, 2.75) is 38.6 Å². The van der Waals surface area contributed by atoms with Crippen molar-refractivity contribution < 1.29 is 17.9 Å². The number of anilines is 1. The third-order valence-corrected chi connectivity index (χ3v) is 5.30. The van der Waals surface area contributed by atoms with Crippen molar-refractivity contribution in [1.29, 1.82) is 0 Å². The Hall–Kier alpha value is -2.55. The molecule has 1 saturated heterocycles. The number of carbonyl (C=O) groups is 1. The lowest BCUT2D eigenvalue weighted by molar-refractivity contribution is -0.131. The van der Waals surface area contributed by atoms with Gasteiger partial charge in [-0.1, -0.05) is 19.6 Å². The molecule has 0 spiro atoms. The van der Waals surface area contributed by atoms with Gasteiger partial charge in [-0.05, 0) is 31.4 Å². The first kappa shape index (κ1) is 18.2. The molecule has 1 atom stereocenters. The molecule has 2 aliphatic rings. The summed E-state index contributed by atoms with van der Waals surface area (Å²) in [7, 11) is -3.85. The van der Waals surface area contributed by atoms with Crippen LogP contribution in [0.15, 0.2) is 34.9 Å². The van der Waals surface area contributed by atoms with Crippen LogP contribution < -0.4 is 15.2 Å². The second kappa shape index (κ2) is 6.99. The molecule has 8 nitrogen and oxygen atoms in total. The Morgan fingerprint density at radius 2 is 2.27 bits per heavy atom. The van der Waals surface area contributed by atoms with E-state index in [2.05, 4.69) is 15.7 Å². The SMILES string of the molecule is C=C(Oc1cccc2c1C(N)=NS(=O)(=O)N2)[C@@H]1CCCN1C(=O)CCC. The highest BCUT2D eigenvalue weighted by Gasteiger charge is 2.32. The Bertz CT molecular complexity index is 879. The fourth-order valence-electron chi connectivity index (χ4n) is 3.27. The van der Waals surface area contributed by atoms with Gasteiger partial charge >= 0.3 is 10.2 Å². The zero-order chi connectivity index (χ0) is 18.9. The summed E-state index contributed by atoms with van der Waals surface area (Å²) < 4.78 is 35.0. The van der Waals surface area contributed by atoms with Crippen molar-refractivity contribution in [2.24, 2.45) is 10.1 Å². The smallest absolute Gasteiger partial charge is 0.344 e. The lowest BCUT2D eigenvalue weighted by Crippen LogP contribution is -2.37. The van der Waals surface area contributed by atoms with Crippen LogP contribution in [0, 0.1) is 0 Å². The van der Waals surface area contributed by atoms with Crippen molar-refractivity contribution in [3.63, 3.8) is 0 Å². The zero-order valence-corrected chi connectivity index (χ0v) is 15.4. The average molecular weight is 378 g/mol. The Kier molecular flexibility index (Phi) is 4.90. The Balaban J connectivity index is 1.84. The summed E-state index contributed by atoms with van der Waals surface area (Å²) in [4.78, 5) is 14.1. The van der Waals surface area contributed by atoms with Crippen LogP contribution in [0.1, 0.15) is 38.2 Å². The van der Waals surface area contributed by atoms with Crippen molar-refractivity contribution in [2.75, 3.05) is 11.3 Å². The molecule has 0 bridgehead atoms. The van der Waals surface area contributed by atoms with E-state index in [1.54, 1.807) is 23.1 Å². The van der Waals surface area contributed by atoms with E-state index in [1.807, 2.05) is 6.92 Å². The van der Waals surface area contributed by atoms with E-state index in [4.69, 9.17) is 10.5 Å². The minimum atomic E-state index is -3.85. The molecule has 0 saturated carbocycles. The summed E-state index contributed by atoms with van der Waals surface area (Å²) in [5.74, 6) is 0.726. The van der Waals surface area contributed by atoms with Gasteiger partial charge in [0.15, 0.2) is 5.84 Å². The summed E-state index contributed by atoms with van der Waals surface area (Å²) in [6, 6.07) is 4.69. The van der Waals surface area contributed by atoms with Gasteiger partial charge < -0.3 is 15.4 Å². The lowest BCUT2D eigenvalue weighted by Gasteiger charge is -2.27. The van der Waals surface area contributed by atoms with Crippen molar-refractivity contribution in [3.05, 3.63) is 36.1 Å². The molecule has 3 rings (SSSR count). The van der Waals surface area contributed by atoms with Crippen LogP contribution in [0.4, 0.5) is 5.69 Å². The maximum atomic E-state index is 12.3. The minimum Gasteiger partial charge on any atom is -0.459 e. The Morgan fingerprint density at radius 1 is 1.50 bits per heavy atom. The number of hydrogen-bond donors (Lipinski definition) is 2. The molecule has 1 amide bonds. The molecule has 140 valence electrons. The Labute approximate surface area is 152 Å². The van der Waals surface area contributed by atoms with Crippen LogP contribution in [0.2, 0.25) is 0 Å². The van der Waals surface area contributed by atoms with E-state index in [0.717, 1.165) is 19.3 Å². The number of likely N-dealkylation sites (tertiary alicyclic amines) is 1. The third kappa shape index (κ3) is 3.52. The summed E-state index contributed by atoms with van der Waals surface area (Å²) in [5, 5.41) is 0. The standard InChI is InChI=1S/C17H22N4O4S/c1-3-6-15(22)21-10-5-8-13(21)11(2)25-14-9-4-7-12-16(14)17(18)20-26(23,24)19-12/h4,7,9,13,19H,2-3,5-6,8,10H2,1H3,(H2,18,20)/t13-/m0/s1. The van der Waals surface area contributed by atoms with Crippen molar-refractivity contribution in [3.8, 4) is 5.75 Å². The van der Waals surface area contributed by atoms with Gasteiger partial charge in [-0.3, -0.25) is 9.52 Å². The summed E-state index contributed by atoms with van der Waals surface area (Å²) in [6.07, 6.45) is 2.94. The molecule has 26 heavy (non-hydrogen) atoms. The number of rotatable bonds is 5. The molecule has 0 aromatic heterocycles. The van der Waals surface area contributed by atoms with Gasteiger partial charge in [0, 0.05) is 13.0 Å². The highest BCUT2D eigenvalue weighted by molar-refractivity contribution is 7.91. The fourth-order valence-corrected chi connectivity index (χ4v) is 4.11. The van der Waals surface area contributed by atoms with Crippen LogP contribution in [-0.2, 0) is 15.0 Å². The third-order valence-electron chi connectivity index (χ3n) is 4.39. The molecule has 1 aromatic carbocycles. The van der Waals surface area contributed by atoms with Crippen LogP contribution in [0.3, 0.4) is 0 Å². The normalized spacial score (nSPS) is 20.7. The number of fused-ring (bicyclic) bond motifs is 1. The highest BCUT2D eigenvalue weighted by Crippen LogP contribution is 2.33. The predicted octanol–water partition coefficient (Wildman–Crippen LogP) is 1.75. The topological polar surface area (TPSA) is 114 Å². The van der Waals surface area contributed by atoms with Crippen molar-refractivity contribution in [1.82, 2.24) is 4.90 Å². The van der Waals surface area contributed by atoms with Gasteiger partial charge in [0.25, 0.3) is 0 Å². The minimum absolute atomic E-state index is 0.0867. The van der Waals surface area contributed by atoms with E-state index < -0.39 is 10.2 Å². The zero-order valence-electron chi connectivity index (χ0n) is 14.6. The first-order valence-corrected chi connectivity index (χ1v) is 9.94. The molecule has 0 aliphatic carbocycles. The number of nitrogens with two attached hydrogens (primary N) is 1. The summed E-state index contributed by atoms with van der Waals surface area (Å²) >= 11 is 0. The van der Waals surface area contributed by atoms with Crippen LogP contribution in [0.25, 0.3) is 0 Å². The number of nitrogens with one attached hydrogen (secondary N) is 1. The average Bonchev–Trinajstić information content (AvgIpc) is 3.03. The van der Waals surface area contributed by atoms with E-state index in [-0.39, 0.29) is 17.8 Å². The van der Waals surface area contributed by atoms with E-state index >= 15 is 0 Å². The first-order chi connectivity index (χ1) is 12.3. The molecule has 3 N–H and O–H groups in total. The lowest BCUT2D eigenvalue weighted by atomic mass is 10.1. The van der Waals surface area contributed by atoms with E-state index in [1.165, 1.54) is 0 Å². The van der Waals surface area contributed by atoms with Gasteiger partial charge in [-0.15, -0.1) is 4.40 Å². The maximum absolute atomic E-state index is 12.3. The second-order valence-corrected chi connectivity index (χ2v) is 7.63. The molecule has 1 fully saturated rings. The van der Waals surface area contributed by atoms with E-state index in [9.17, 15) is 13.2 Å². The number of carbonyl (C=O) groups excluding carboxylic acids is 1. The highest BCUT2D eigenvalue weighted by atomic mass is 32.2. The van der Waals surface area contributed by atoms with Gasteiger partial charge in [-0.2, -0.15) is 8.42 Å². The van der Waals surface area contributed by atoms with Crippen LogP contribution in [-0.4, -0.2) is 37.6 Å². The van der Waals surface area contributed by atoms with Crippen LogP contribution in [0.5, 0.6) is 5.75 Å². The summed E-state index contributed by atoms with van der Waals surface area (Å²) in [5.41, 5.74) is 6.49. The van der Waals surface area contributed by atoms with E-state index in [0.29, 0.717) is 35.7 Å². The molecule has 0 radical (unpaired) electrons.